The van der Waals surface area contributed by atoms with Gasteiger partial charge >= 0.3 is 6.18 Å². The van der Waals surface area contributed by atoms with Crippen LogP contribution in [0.5, 0.6) is 0 Å². The Morgan fingerprint density at radius 3 is 2.84 bits per heavy atom. The fraction of sp³-hybridized carbons (Fsp3) is 0.900. The average molecular weight is 300 g/mol. The molecule has 5 unspecified atom stereocenters. The van der Waals surface area contributed by atoms with Crippen LogP contribution in [0.15, 0.2) is 4.99 Å². The lowest BCUT2D eigenvalue weighted by Crippen LogP contribution is -2.55. The van der Waals surface area contributed by atoms with Crippen LogP contribution in [0.4, 0.5) is 13.2 Å². The lowest BCUT2D eigenvalue weighted by atomic mass is 9.98. The van der Waals surface area contributed by atoms with Crippen molar-refractivity contribution in [2.24, 2.45) is 4.99 Å². The molecule has 0 spiro atoms. The highest BCUT2D eigenvalue weighted by atomic mass is 32.2. The average Bonchev–Trinajstić information content (AvgIpc) is 2.70. The normalized spacial score (nSPS) is 38.9. The van der Waals surface area contributed by atoms with Crippen LogP contribution < -0.4 is 5.32 Å². The van der Waals surface area contributed by atoms with Gasteiger partial charge < -0.3 is 20.3 Å². The molecule has 2 rings (SSSR count). The van der Waals surface area contributed by atoms with Crippen LogP contribution in [0.25, 0.3) is 0 Å². The Morgan fingerprint density at radius 1 is 1.58 bits per heavy atom. The predicted molar refractivity (Wildman–Crippen MR) is 63.8 cm³/mol. The monoisotopic (exact) mass is 300 g/mol. The summed E-state index contributed by atoms with van der Waals surface area (Å²) in [6.07, 6.45) is -10.1. The third-order valence-corrected chi connectivity index (χ3v) is 4.10. The molecule has 9 heteroatoms. The number of aliphatic imine (C=N–C) groups is 1. The molecule has 2 heterocycles. The van der Waals surface area contributed by atoms with Gasteiger partial charge in [0.25, 0.3) is 0 Å². The molecule has 5 nitrogen and oxygen atoms in total. The molecule has 0 amide bonds. The van der Waals surface area contributed by atoms with Gasteiger partial charge in [0.15, 0.2) is 11.3 Å². The maximum Gasteiger partial charge on any atom is 0.416 e. The number of alkyl halides is 3. The highest BCUT2D eigenvalue weighted by molar-refractivity contribution is 8.14. The van der Waals surface area contributed by atoms with E-state index >= 15 is 0 Å². The lowest BCUT2D eigenvalue weighted by Gasteiger charge is -2.37. The van der Waals surface area contributed by atoms with Gasteiger partial charge in [0.1, 0.15) is 5.44 Å². The van der Waals surface area contributed by atoms with E-state index in [0.717, 1.165) is 11.8 Å². The van der Waals surface area contributed by atoms with Crippen LogP contribution in [0, 0.1) is 0 Å². The minimum atomic E-state index is -4.76. The molecule has 3 N–H and O–H groups in total. The first-order chi connectivity index (χ1) is 8.82. The van der Waals surface area contributed by atoms with Crippen LogP contribution in [-0.4, -0.2) is 57.9 Å². The van der Waals surface area contributed by atoms with Crippen molar-refractivity contribution in [3.8, 4) is 0 Å². The van der Waals surface area contributed by atoms with E-state index in [1.807, 2.05) is 6.92 Å². The van der Waals surface area contributed by atoms with Crippen molar-refractivity contribution in [2.75, 3.05) is 6.54 Å². The van der Waals surface area contributed by atoms with E-state index in [2.05, 4.69) is 10.3 Å². The van der Waals surface area contributed by atoms with Gasteiger partial charge in [0, 0.05) is 13.0 Å². The van der Waals surface area contributed by atoms with Gasteiger partial charge in [0.2, 0.25) is 0 Å². The summed E-state index contributed by atoms with van der Waals surface area (Å²) in [5.41, 5.74) is -0.670. The fourth-order valence-corrected chi connectivity index (χ4v) is 3.29. The molecule has 2 fully saturated rings. The molecule has 19 heavy (non-hydrogen) atoms. The molecule has 2 saturated heterocycles. The number of nitrogens with zero attached hydrogens (tertiary/aromatic N) is 1. The third kappa shape index (κ3) is 3.15. The number of aliphatic hydroxyl groups excluding tert-OH is 2. The number of hydrogen-bond donors (Lipinski definition) is 3. The Labute approximate surface area is 112 Å². The molecule has 2 aliphatic heterocycles. The number of nitrogens with one attached hydrogen (secondary N) is 1. The highest BCUT2D eigenvalue weighted by Gasteiger charge is 2.51. The maximum absolute atomic E-state index is 12.4. The van der Waals surface area contributed by atoms with Gasteiger partial charge in [-0.2, -0.15) is 13.2 Å². The summed E-state index contributed by atoms with van der Waals surface area (Å²) in [6.45, 7) is 2.35. The third-order valence-electron chi connectivity index (χ3n) is 3.00. The molecular formula is C10H15F3N2O3S. The van der Waals surface area contributed by atoms with E-state index in [9.17, 15) is 23.4 Å². The molecule has 0 aromatic carbocycles. The highest BCUT2D eigenvalue weighted by Crippen LogP contribution is 2.37. The van der Waals surface area contributed by atoms with Crippen LogP contribution in [0.1, 0.15) is 13.3 Å². The second-order valence-corrected chi connectivity index (χ2v) is 5.49. The van der Waals surface area contributed by atoms with Crippen molar-refractivity contribution >= 4 is 16.9 Å². The van der Waals surface area contributed by atoms with Crippen molar-refractivity contribution in [3.63, 3.8) is 0 Å². The first-order valence-corrected chi connectivity index (χ1v) is 6.77. The molecule has 5 atom stereocenters. The van der Waals surface area contributed by atoms with E-state index in [4.69, 9.17) is 4.74 Å². The van der Waals surface area contributed by atoms with Crippen LogP contribution >= 0.6 is 11.8 Å². The number of thioether (sulfide) groups is 1. The van der Waals surface area contributed by atoms with E-state index in [-0.39, 0.29) is 6.42 Å². The fourth-order valence-electron chi connectivity index (χ4n) is 2.07. The van der Waals surface area contributed by atoms with Gasteiger partial charge in [-0.25, -0.2) is 0 Å². The Balaban J connectivity index is 2.06. The van der Waals surface area contributed by atoms with Crippen molar-refractivity contribution < 1.29 is 28.1 Å². The summed E-state index contributed by atoms with van der Waals surface area (Å²) < 4.78 is 42.6. The van der Waals surface area contributed by atoms with Gasteiger partial charge in [-0.05, 0) is 6.92 Å². The zero-order chi connectivity index (χ0) is 14.2. The number of halogens is 3. The Hall–Kier alpha value is -0.510. The smallest absolute Gasteiger partial charge is 0.391 e. The number of hydrogen-bond acceptors (Lipinski definition) is 5. The molecule has 0 aromatic rings. The van der Waals surface area contributed by atoms with Crippen molar-refractivity contribution in [3.05, 3.63) is 0 Å². The molecule has 2 aliphatic rings. The Kier molecular flexibility index (Phi) is 4.29. The zero-order valence-electron chi connectivity index (χ0n) is 10.1. The van der Waals surface area contributed by atoms with Crippen molar-refractivity contribution in [2.45, 2.75) is 49.3 Å². The van der Waals surface area contributed by atoms with Gasteiger partial charge in [-0.1, -0.05) is 11.8 Å². The van der Waals surface area contributed by atoms with Crippen molar-refractivity contribution in [1.82, 2.24) is 5.32 Å². The zero-order valence-corrected chi connectivity index (χ0v) is 10.9. The maximum atomic E-state index is 12.4. The van der Waals surface area contributed by atoms with E-state index in [1.54, 1.807) is 0 Å². The van der Waals surface area contributed by atoms with Crippen LogP contribution in [0.3, 0.4) is 0 Å². The first-order valence-electron chi connectivity index (χ1n) is 5.89. The predicted octanol–water partition coefficient (Wildman–Crippen LogP) is 0.466. The standard InChI is InChI=1S/C10H15F3N2O3S/c1-2-14-9-15-6-4(16)3-5(18-8(6)19-9)7(17)10(11,12)13/h4-8,16-17H,2-3H2,1H3,(H,14,15). The van der Waals surface area contributed by atoms with Crippen LogP contribution in [-0.2, 0) is 4.74 Å². The minimum Gasteiger partial charge on any atom is -0.391 e. The molecule has 0 aliphatic carbocycles. The lowest BCUT2D eigenvalue weighted by molar-refractivity contribution is -0.250. The molecule has 0 bridgehead atoms. The molecule has 0 radical (unpaired) electrons. The van der Waals surface area contributed by atoms with Gasteiger partial charge in [0.05, 0.1) is 18.2 Å². The number of ether oxygens (including phenoxy) is 1. The summed E-state index contributed by atoms with van der Waals surface area (Å²) in [6, 6.07) is -0.494. The molecule has 0 aromatic heterocycles. The number of amidine groups is 1. The molecular weight excluding hydrogens is 285 g/mol. The number of fused-ring (bicyclic) bond motifs is 1. The minimum absolute atomic E-state index is 0.269. The largest absolute Gasteiger partial charge is 0.416 e. The quantitative estimate of drug-likeness (QED) is 0.691. The molecule has 0 saturated carbocycles. The van der Waals surface area contributed by atoms with Crippen molar-refractivity contribution in [1.29, 1.82) is 0 Å². The van der Waals surface area contributed by atoms with Crippen LogP contribution in [0.2, 0.25) is 0 Å². The Morgan fingerprint density at radius 2 is 2.26 bits per heavy atom. The van der Waals surface area contributed by atoms with E-state index in [1.165, 1.54) is 0 Å². The summed E-state index contributed by atoms with van der Waals surface area (Å²) in [5.74, 6) is 0. The van der Waals surface area contributed by atoms with Gasteiger partial charge in [-0.3, -0.25) is 4.99 Å². The summed E-state index contributed by atoms with van der Waals surface area (Å²) in [5, 5.41) is 22.5. The number of rotatable bonds is 2. The van der Waals surface area contributed by atoms with Gasteiger partial charge in [-0.15, -0.1) is 0 Å². The number of aliphatic hydroxyl groups is 2. The summed E-state index contributed by atoms with van der Waals surface area (Å²) in [7, 11) is 0. The second kappa shape index (κ2) is 5.47. The summed E-state index contributed by atoms with van der Waals surface area (Å²) in [4.78, 5) is 4.09. The first kappa shape index (κ1) is 14.9. The molecule has 110 valence electrons. The Bertz CT molecular complexity index is 366. The summed E-state index contributed by atoms with van der Waals surface area (Å²) >= 11 is 1.13. The van der Waals surface area contributed by atoms with E-state index < -0.39 is 36.0 Å². The second-order valence-electron chi connectivity index (χ2n) is 4.40. The van der Waals surface area contributed by atoms with E-state index in [0.29, 0.717) is 11.7 Å². The SMILES string of the molecule is CCN=C1NC2C(O)CC(C(O)C(F)(F)F)OC2S1. The topological polar surface area (TPSA) is 74.1 Å².